The lowest BCUT2D eigenvalue weighted by Crippen LogP contribution is -2.53. The summed E-state index contributed by atoms with van der Waals surface area (Å²) in [5.74, 6) is 3.30. The van der Waals surface area contributed by atoms with Crippen LogP contribution in [-0.4, -0.2) is 16.2 Å². The highest BCUT2D eigenvalue weighted by atomic mass is 16.3. The maximum absolute atomic E-state index is 10.2. The summed E-state index contributed by atoms with van der Waals surface area (Å²) in [5.41, 5.74) is 3.72. The molecule has 0 unspecified atom stereocenters. The molecule has 0 aliphatic heterocycles. The molecule has 0 aromatic carbocycles. The summed E-state index contributed by atoms with van der Waals surface area (Å²) < 4.78 is 0. The van der Waals surface area contributed by atoms with E-state index in [1.807, 2.05) is 6.20 Å². The first-order chi connectivity index (χ1) is 12.5. The summed E-state index contributed by atoms with van der Waals surface area (Å²) in [7, 11) is 0. The Hall–Kier alpha value is -1.15. The van der Waals surface area contributed by atoms with E-state index in [1.54, 1.807) is 5.57 Å². The Morgan fingerprint density at radius 3 is 2.77 bits per heavy atom. The number of nitrogens with zero attached hydrogens (tertiary/aromatic N) is 1. The summed E-state index contributed by atoms with van der Waals surface area (Å²) in [6.45, 7) is 5.12. The van der Waals surface area contributed by atoms with Crippen LogP contribution in [0, 0.1) is 34.5 Å². The number of aliphatic hydroxyl groups is 1. The molecule has 1 aromatic heterocycles. The highest BCUT2D eigenvalue weighted by Gasteiger charge is 2.58. The van der Waals surface area contributed by atoms with E-state index >= 15 is 0 Å². The monoisotopic (exact) mass is 351 g/mol. The van der Waals surface area contributed by atoms with E-state index < -0.39 is 0 Å². The first kappa shape index (κ1) is 17.0. The molecule has 1 heterocycles. The fraction of sp³-hybridized carbons (Fsp3) is 0.708. The molecule has 0 spiro atoms. The molecular weight excluding hydrogens is 318 g/mol. The van der Waals surface area contributed by atoms with Gasteiger partial charge in [-0.25, -0.2) is 0 Å². The van der Waals surface area contributed by atoms with Gasteiger partial charge >= 0.3 is 0 Å². The molecule has 0 radical (unpaired) electrons. The third-order valence-electron chi connectivity index (χ3n) is 9.19. The van der Waals surface area contributed by atoms with Crippen molar-refractivity contribution in [3.63, 3.8) is 0 Å². The van der Waals surface area contributed by atoms with Gasteiger partial charge in [0.05, 0.1) is 6.10 Å². The average Bonchev–Trinajstić information content (AvgIpc) is 3.00. The Balaban J connectivity index is 1.44. The molecule has 1 aromatic rings. The summed E-state index contributed by atoms with van der Waals surface area (Å²) in [5, 5.41) is 10.2. The SMILES string of the molecule is C[C@]12CC[C@H](O)C[C@@H]1CC[C@@H]1[C@@H]2CC[C@]2(C)C(c3cccnc3)=CC[C@@H]12. The van der Waals surface area contributed by atoms with Gasteiger partial charge in [0.2, 0.25) is 0 Å². The Morgan fingerprint density at radius 2 is 1.96 bits per heavy atom. The molecule has 26 heavy (non-hydrogen) atoms. The van der Waals surface area contributed by atoms with Gasteiger partial charge in [-0.05, 0) is 103 Å². The molecule has 4 aliphatic carbocycles. The van der Waals surface area contributed by atoms with Gasteiger partial charge in [0.15, 0.2) is 0 Å². The predicted octanol–water partition coefficient (Wildman–Crippen LogP) is 5.48. The lowest BCUT2D eigenvalue weighted by molar-refractivity contribution is -0.115. The first-order valence-electron chi connectivity index (χ1n) is 10.8. The molecule has 140 valence electrons. The number of aliphatic hydroxyl groups excluding tert-OH is 1. The lowest BCUT2D eigenvalue weighted by Gasteiger charge is -2.60. The Kier molecular flexibility index (Phi) is 3.87. The van der Waals surface area contributed by atoms with E-state index in [4.69, 9.17) is 0 Å². The molecular formula is C24H33NO. The van der Waals surface area contributed by atoms with E-state index in [1.165, 1.54) is 44.1 Å². The Bertz CT molecular complexity index is 712. The van der Waals surface area contributed by atoms with E-state index in [0.29, 0.717) is 10.8 Å². The topological polar surface area (TPSA) is 33.1 Å². The van der Waals surface area contributed by atoms with Crippen LogP contribution in [0.25, 0.3) is 5.57 Å². The van der Waals surface area contributed by atoms with Crippen LogP contribution in [0.4, 0.5) is 0 Å². The van der Waals surface area contributed by atoms with Crippen molar-refractivity contribution >= 4 is 5.57 Å². The van der Waals surface area contributed by atoms with Crippen LogP contribution in [0.1, 0.15) is 70.8 Å². The number of allylic oxidation sites excluding steroid dienone is 2. The van der Waals surface area contributed by atoms with Gasteiger partial charge < -0.3 is 5.11 Å². The molecule has 3 fully saturated rings. The van der Waals surface area contributed by atoms with Crippen molar-refractivity contribution in [3.8, 4) is 0 Å². The third-order valence-corrected chi connectivity index (χ3v) is 9.19. The standard InChI is InChI=1S/C24H33NO/c1-23-11-9-18(26)14-17(23)5-6-19-21-8-7-20(16-4-3-13-25-15-16)24(21,2)12-10-22(19)23/h3-4,7,13,15,17-19,21-22,26H,5-6,8-12,14H2,1-2H3/t17-,18-,19-,21-,22-,23-,24+/m0/s1. The van der Waals surface area contributed by atoms with Gasteiger partial charge in [-0.2, -0.15) is 0 Å². The number of fused-ring (bicyclic) bond motifs is 5. The molecule has 0 saturated heterocycles. The normalized spacial score (nSPS) is 47.5. The van der Waals surface area contributed by atoms with Gasteiger partial charge in [-0.1, -0.05) is 26.0 Å². The molecule has 4 aliphatic rings. The maximum atomic E-state index is 10.2. The second-order valence-electron chi connectivity index (χ2n) is 10.1. The molecule has 2 heteroatoms. The van der Waals surface area contributed by atoms with Crippen LogP contribution in [-0.2, 0) is 0 Å². The van der Waals surface area contributed by atoms with Crippen molar-refractivity contribution in [2.75, 3.05) is 0 Å². The minimum atomic E-state index is -0.0381. The van der Waals surface area contributed by atoms with Gasteiger partial charge in [0.25, 0.3) is 0 Å². The van der Waals surface area contributed by atoms with E-state index in [9.17, 15) is 5.11 Å². The first-order valence-corrected chi connectivity index (χ1v) is 10.8. The molecule has 3 saturated carbocycles. The lowest BCUT2D eigenvalue weighted by atomic mass is 9.44. The number of aromatic nitrogens is 1. The van der Waals surface area contributed by atoms with Gasteiger partial charge in [-0.15, -0.1) is 0 Å². The molecule has 1 N–H and O–H groups in total. The zero-order chi connectivity index (χ0) is 17.9. The number of pyridine rings is 1. The van der Waals surface area contributed by atoms with Crippen LogP contribution in [0.15, 0.2) is 30.6 Å². The van der Waals surface area contributed by atoms with Crippen molar-refractivity contribution < 1.29 is 5.11 Å². The number of hydrogen-bond donors (Lipinski definition) is 1. The van der Waals surface area contributed by atoms with Gasteiger partial charge in [0, 0.05) is 12.4 Å². The molecule has 0 amide bonds. The molecule has 7 atom stereocenters. The van der Waals surface area contributed by atoms with Gasteiger partial charge in [-0.3, -0.25) is 4.98 Å². The quantitative estimate of drug-likeness (QED) is 0.727. The molecule has 0 bridgehead atoms. The highest BCUT2D eigenvalue weighted by Crippen LogP contribution is 2.67. The fourth-order valence-electron chi connectivity index (χ4n) is 7.77. The Morgan fingerprint density at radius 1 is 1.08 bits per heavy atom. The van der Waals surface area contributed by atoms with Crippen molar-refractivity contribution in [1.29, 1.82) is 0 Å². The average molecular weight is 352 g/mol. The van der Waals surface area contributed by atoms with E-state index in [2.05, 4.69) is 43.2 Å². The largest absolute Gasteiger partial charge is 0.393 e. The van der Waals surface area contributed by atoms with Gasteiger partial charge in [0.1, 0.15) is 0 Å². The minimum absolute atomic E-state index is 0.0381. The minimum Gasteiger partial charge on any atom is -0.393 e. The van der Waals surface area contributed by atoms with Crippen molar-refractivity contribution in [2.24, 2.45) is 34.5 Å². The Labute approximate surface area is 158 Å². The zero-order valence-electron chi connectivity index (χ0n) is 16.3. The number of rotatable bonds is 1. The van der Waals surface area contributed by atoms with E-state index in [0.717, 1.165) is 36.5 Å². The third kappa shape index (κ3) is 2.30. The van der Waals surface area contributed by atoms with Crippen LogP contribution in [0.2, 0.25) is 0 Å². The summed E-state index contributed by atoms with van der Waals surface area (Å²) in [6, 6.07) is 4.33. The van der Waals surface area contributed by atoms with Crippen molar-refractivity contribution in [2.45, 2.75) is 71.3 Å². The smallest absolute Gasteiger partial charge is 0.0543 e. The van der Waals surface area contributed by atoms with Crippen LogP contribution in [0.5, 0.6) is 0 Å². The second kappa shape index (κ2) is 5.92. The van der Waals surface area contributed by atoms with Crippen LogP contribution < -0.4 is 0 Å². The van der Waals surface area contributed by atoms with Crippen LogP contribution >= 0.6 is 0 Å². The fourth-order valence-corrected chi connectivity index (χ4v) is 7.77. The predicted molar refractivity (Wildman–Crippen MR) is 105 cm³/mol. The van der Waals surface area contributed by atoms with E-state index in [-0.39, 0.29) is 6.10 Å². The second-order valence-corrected chi connectivity index (χ2v) is 10.1. The number of hydrogen-bond acceptors (Lipinski definition) is 2. The maximum Gasteiger partial charge on any atom is 0.0543 e. The molecule has 2 nitrogen and oxygen atoms in total. The summed E-state index contributed by atoms with van der Waals surface area (Å²) in [4.78, 5) is 4.39. The summed E-state index contributed by atoms with van der Waals surface area (Å²) in [6.07, 6.45) is 16.4. The van der Waals surface area contributed by atoms with Crippen molar-refractivity contribution in [3.05, 3.63) is 36.2 Å². The zero-order valence-corrected chi connectivity index (χ0v) is 16.3. The highest BCUT2D eigenvalue weighted by molar-refractivity contribution is 5.72. The van der Waals surface area contributed by atoms with Crippen LogP contribution in [0.3, 0.4) is 0 Å². The summed E-state index contributed by atoms with van der Waals surface area (Å²) >= 11 is 0. The molecule has 5 rings (SSSR count). The van der Waals surface area contributed by atoms with Crippen molar-refractivity contribution in [1.82, 2.24) is 4.98 Å².